The zero-order valence-corrected chi connectivity index (χ0v) is 16.5. The van der Waals surface area contributed by atoms with Gasteiger partial charge in [-0.05, 0) is 12.1 Å². The lowest BCUT2D eigenvalue weighted by Gasteiger charge is -2.13. The van der Waals surface area contributed by atoms with Crippen LogP contribution in [0.2, 0.25) is 0 Å². The van der Waals surface area contributed by atoms with Crippen molar-refractivity contribution in [2.75, 3.05) is 24.3 Å². The van der Waals surface area contributed by atoms with Crippen molar-refractivity contribution < 1.29 is 18.0 Å². The van der Waals surface area contributed by atoms with Gasteiger partial charge in [0.25, 0.3) is 0 Å². The molecular weight excluding hydrogens is 423 g/mol. The van der Waals surface area contributed by atoms with E-state index in [0.717, 1.165) is 21.2 Å². The van der Waals surface area contributed by atoms with Gasteiger partial charge in [-0.25, -0.2) is 18.9 Å². The molecule has 9 nitrogen and oxygen atoms in total. The first-order valence-corrected chi connectivity index (χ1v) is 9.35. The quantitative estimate of drug-likeness (QED) is 0.526. The largest absolute Gasteiger partial charge is 0.418 e. The molecule has 0 spiro atoms. The van der Waals surface area contributed by atoms with E-state index in [1.54, 1.807) is 4.90 Å². The number of hydrogen-bond donors (Lipinski definition) is 1. The van der Waals surface area contributed by atoms with Gasteiger partial charge in [0.2, 0.25) is 5.91 Å². The monoisotopic (exact) mass is 437 g/mol. The predicted molar refractivity (Wildman–Crippen MR) is 105 cm³/mol. The van der Waals surface area contributed by atoms with Gasteiger partial charge in [0, 0.05) is 14.1 Å². The van der Waals surface area contributed by atoms with Crippen LogP contribution in [0.3, 0.4) is 0 Å². The molecule has 13 heteroatoms. The van der Waals surface area contributed by atoms with Crippen LogP contribution >= 0.6 is 11.3 Å². The first kappa shape index (κ1) is 19.8. The number of benzene rings is 1. The number of anilines is 2. The van der Waals surface area contributed by atoms with Crippen molar-refractivity contribution in [3.63, 3.8) is 0 Å². The standard InChI is InChI=1S/C17H14F3N7O2S/c1-25(2)15-23-13-12(30-15)14-24-27(16(29)26(14)8-21-13)7-11(28)22-10-6-4-3-5-9(10)17(18,19)20/h3-6,8H,7H2,1-2H3,(H,22,28). The van der Waals surface area contributed by atoms with E-state index in [-0.39, 0.29) is 5.65 Å². The average molecular weight is 437 g/mol. The van der Waals surface area contributed by atoms with Gasteiger partial charge in [0.1, 0.15) is 17.6 Å². The zero-order valence-electron chi connectivity index (χ0n) is 15.6. The van der Waals surface area contributed by atoms with Crippen LogP contribution in [0.4, 0.5) is 24.0 Å². The van der Waals surface area contributed by atoms with Gasteiger partial charge >= 0.3 is 11.9 Å². The molecule has 3 aromatic heterocycles. The summed E-state index contributed by atoms with van der Waals surface area (Å²) in [6, 6.07) is 4.60. The molecule has 3 heterocycles. The SMILES string of the molecule is CN(C)c1nc2ncn3c(=O)n(CC(=O)Nc4ccccc4C(F)(F)F)nc3c2s1. The fourth-order valence-electron chi connectivity index (χ4n) is 2.79. The van der Waals surface area contributed by atoms with Crippen LogP contribution in [0.1, 0.15) is 5.56 Å². The summed E-state index contributed by atoms with van der Waals surface area (Å²) in [4.78, 5) is 35.1. The fraction of sp³-hybridized carbons (Fsp3) is 0.235. The number of alkyl halides is 3. The summed E-state index contributed by atoms with van der Waals surface area (Å²) in [6.07, 6.45) is -3.38. The van der Waals surface area contributed by atoms with E-state index in [1.807, 2.05) is 14.1 Å². The highest BCUT2D eigenvalue weighted by molar-refractivity contribution is 7.22. The third-order valence-electron chi connectivity index (χ3n) is 4.15. The third kappa shape index (κ3) is 3.47. The number of halogens is 3. The third-order valence-corrected chi connectivity index (χ3v) is 5.36. The Labute approximate surface area is 170 Å². The molecule has 0 atom stereocenters. The van der Waals surface area contributed by atoms with E-state index in [2.05, 4.69) is 20.4 Å². The summed E-state index contributed by atoms with van der Waals surface area (Å²) in [5, 5.41) is 7.02. The molecule has 1 N–H and O–H groups in total. The van der Waals surface area contributed by atoms with E-state index in [1.165, 1.54) is 29.8 Å². The van der Waals surface area contributed by atoms with Crippen LogP contribution in [-0.4, -0.2) is 44.2 Å². The number of amides is 1. The maximum absolute atomic E-state index is 13.1. The lowest BCUT2D eigenvalue weighted by Crippen LogP contribution is -2.28. The summed E-state index contributed by atoms with van der Waals surface area (Å²) in [5.41, 5.74) is -1.35. The fourth-order valence-corrected chi connectivity index (χ4v) is 3.70. The van der Waals surface area contributed by atoms with E-state index in [9.17, 15) is 22.8 Å². The number of carbonyl (C=O) groups excluding carboxylic acids is 1. The maximum atomic E-state index is 13.1. The molecule has 0 aliphatic rings. The second-order valence-corrected chi connectivity index (χ2v) is 7.49. The number of rotatable bonds is 4. The molecule has 30 heavy (non-hydrogen) atoms. The Bertz CT molecular complexity index is 1320. The number of fused-ring (bicyclic) bond motifs is 3. The molecule has 0 fully saturated rings. The summed E-state index contributed by atoms with van der Waals surface area (Å²) in [6.45, 7) is -0.562. The van der Waals surface area contributed by atoms with E-state index in [4.69, 9.17) is 0 Å². The van der Waals surface area contributed by atoms with Gasteiger partial charge in [-0.1, -0.05) is 23.5 Å². The molecule has 0 bridgehead atoms. The van der Waals surface area contributed by atoms with E-state index >= 15 is 0 Å². The topological polar surface area (TPSA) is 97.4 Å². The Kier molecular flexibility index (Phi) is 4.68. The Hall–Kier alpha value is -3.48. The van der Waals surface area contributed by atoms with Crippen LogP contribution < -0.4 is 15.9 Å². The number of para-hydroxylation sites is 1. The summed E-state index contributed by atoms with van der Waals surface area (Å²) < 4.78 is 41.9. The zero-order chi connectivity index (χ0) is 21.6. The first-order chi connectivity index (χ1) is 14.1. The molecule has 0 radical (unpaired) electrons. The van der Waals surface area contributed by atoms with Crippen LogP contribution in [0, 0.1) is 0 Å². The van der Waals surface area contributed by atoms with Crippen molar-refractivity contribution in [2.45, 2.75) is 12.7 Å². The Morgan fingerprint density at radius 1 is 1.27 bits per heavy atom. The Balaban J connectivity index is 1.66. The number of hydrogen-bond acceptors (Lipinski definition) is 7. The van der Waals surface area contributed by atoms with Crippen molar-refractivity contribution in [1.82, 2.24) is 24.1 Å². The van der Waals surface area contributed by atoms with Crippen molar-refractivity contribution in [3.8, 4) is 0 Å². The Morgan fingerprint density at radius 2 is 2.00 bits per heavy atom. The highest BCUT2D eigenvalue weighted by atomic mass is 32.1. The van der Waals surface area contributed by atoms with Crippen molar-refractivity contribution in [3.05, 3.63) is 46.6 Å². The van der Waals surface area contributed by atoms with Gasteiger partial charge in [-0.2, -0.15) is 18.2 Å². The van der Waals surface area contributed by atoms with E-state index < -0.39 is 35.6 Å². The molecule has 156 valence electrons. The summed E-state index contributed by atoms with van der Waals surface area (Å²) >= 11 is 1.27. The smallest absolute Gasteiger partial charge is 0.354 e. The lowest BCUT2D eigenvalue weighted by molar-refractivity contribution is -0.137. The minimum absolute atomic E-state index is 0.263. The summed E-state index contributed by atoms with van der Waals surface area (Å²) in [5.74, 6) is -0.820. The first-order valence-electron chi connectivity index (χ1n) is 8.53. The molecule has 1 amide bonds. The Morgan fingerprint density at radius 3 is 2.70 bits per heavy atom. The summed E-state index contributed by atoms with van der Waals surface area (Å²) in [7, 11) is 3.62. The van der Waals surface area contributed by atoms with Gasteiger partial charge in [0.15, 0.2) is 16.4 Å². The lowest BCUT2D eigenvalue weighted by atomic mass is 10.1. The van der Waals surface area contributed by atoms with Gasteiger partial charge < -0.3 is 10.2 Å². The minimum atomic E-state index is -4.63. The molecule has 0 aliphatic heterocycles. The molecule has 0 aliphatic carbocycles. The van der Waals surface area contributed by atoms with Crippen LogP contribution in [0.15, 0.2) is 35.4 Å². The molecule has 1 aromatic carbocycles. The molecule has 4 rings (SSSR count). The molecule has 4 aromatic rings. The second-order valence-electron chi connectivity index (χ2n) is 6.51. The van der Waals surface area contributed by atoms with Crippen molar-refractivity contribution in [1.29, 1.82) is 0 Å². The highest BCUT2D eigenvalue weighted by Crippen LogP contribution is 2.34. The average Bonchev–Trinajstić information content (AvgIpc) is 3.23. The van der Waals surface area contributed by atoms with Crippen LogP contribution in [0.5, 0.6) is 0 Å². The van der Waals surface area contributed by atoms with Gasteiger partial charge in [-0.3, -0.25) is 4.79 Å². The van der Waals surface area contributed by atoms with Crippen LogP contribution in [-0.2, 0) is 17.5 Å². The molecular formula is C17H14F3N7O2S. The highest BCUT2D eigenvalue weighted by Gasteiger charge is 2.33. The molecule has 0 unspecified atom stereocenters. The van der Waals surface area contributed by atoms with Gasteiger partial charge in [0.05, 0.1) is 11.3 Å². The van der Waals surface area contributed by atoms with Crippen molar-refractivity contribution in [2.24, 2.45) is 0 Å². The minimum Gasteiger partial charge on any atom is -0.354 e. The number of thiazole rings is 1. The number of aromatic nitrogens is 5. The normalized spacial score (nSPS) is 11.9. The maximum Gasteiger partial charge on any atom is 0.418 e. The predicted octanol–water partition coefficient (Wildman–Crippen LogP) is 2.22. The number of nitrogens with one attached hydrogen (secondary N) is 1. The van der Waals surface area contributed by atoms with E-state index in [0.29, 0.717) is 15.5 Å². The second kappa shape index (κ2) is 7.09. The van der Waals surface area contributed by atoms with Crippen molar-refractivity contribution >= 4 is 44.1 Å². The van der Waals surface area contributed by atoms with Gasteiger partial charge in [-0.15, -0.1) is 5.10 Å². The molecule has 0 saturated carbocycles. The molecule has 0 saturated heterocycles. The van der Waals surface area contributed by atoms with Crippen LogP contribution in [0.25, 0.3) is 16.0 Å². The number of carbonyl (C=O) groups is 1. The number of nitrogens with zero attached hydrogens (tertiary/aromatic N) is 6.